The zero-order valence-corrected chi connectivity index (χ0v) is 7.50. The van der Waals surface area contributed by atoms with Gasteiger partial charge in [-0.05, 0) is 13.8 Å². The number of aryl methyl sites for hydroxylation is 1. The van der Waals surface area contributed by atoms with Crippen LogP contribution >= 0.6 is 0 Å². The quantitative estimate of drug-likeness (QED) is 0.726. The summed E-state index contributed by atoms with van der Waals surface area (Å²) in [6.45, 7) is 4.36. The summed E-state index contributed by atoms with van der Waals surface area (Å²) in [5, 5.41) is 6.64. The summed E-state index contributed by atoms with van der Waals surface area (Å²) in [4.78, 5) is 3.99. The van der Waals surface area contributed by atoms with Gasteiger partial charge >= 0.3 is 6.01 Å². The molecular formula is C7H13N3O2. The first-order valence-electron chi connectivity index (χ1n) is 3.78. The van der Waals surface area contributed by atoms with Gasteiger partial charge in [-0.3, -0.25) is 0 Å². The number of nitrogens with zero attached hydrogens (tertiary/aromatic N) is 2. The van der Waals surface area contributed by atoms with Crippen LogP contribution in [0.2, 0.25) is 0 Å². The van der Waals surface area contributed by atoms with Crippen LogP contribution in [-0.2, 0) is 4.74 Å². The van der Waals surface area contributed by atoms with Crippen LogP contribution in [-0.4, -0.2) is 29.9 Å². The lowest BCUT2D eigenvalue weighted by Crippen LogP contribution is -2.20. The molecule has 0 saturated heterocycles. The third-order valence-electron chi connectivity index (χ3n) is 1.31. The molecule has 0 aliphatic carbocycles. The summed E-state index contributed by atoms with van der Waals surface area (Å²) < 4.78 is 9.78. The van der Waals surface area contributed by atoms with Crippen LogP contribution in [0.25, 0.3) is 0 Å². The van der Waals surface area contributed by atoms with E-state index in [2.05, 4.69) is 15.5 Å². The maximum absolute atomic E-state index is 4.93. The van der Waals surface area contributed by atoms with Crippen molar-refractivity contribution < 1.29 is 9.26 Å². The number of anilines is 1. The van der Waals surface area contributed by atoms with Crippen LogP contribution in [0.15, 0.2) is 4.52 Å². The molecule has 1 heterocycles. The number of rotatable bonds is 4. The minimum Gasteiger partial charge on any atom is -0.383 e. The Kier molecular flexibility index (Phi) is 3.04. The van der Waals surface area contributed by atoms with Crippen molar-refractivity contribution in [1.29, 1.82) is 0 Å². The van der Waals surface area contributed by atoms with Crippen molar-refractivity contribution in [2.75, 3.05) is 19.0 Å². The lowest BCUT2D eigenvalue weighted by molar-refractivity contribution is 0.189. The first-order valence-corrected chi connectivity index (χ1v) is 3.78. The van der Waals surface area contributed by atoms with Crippen LogP contribution < -0.4 is 5.32 Å². The second kappa shape index (κ2) is 4.06. The Morgan fingerprint density at radius 3 is 2.92 bits per heavy atom. The van der Waals surface area contributed by atoms with Crippen molar-refractivity contribution in [1.82, 2.24) is 10.1 Å². The normalized spacial score (nSPS) is 12.9. The van der Waals surface area contributed by atoms with Crippen molar-refractivity contribution in [2.24, 2.45) is 0 Å². The molecular weight excluding hydrogens is 158 g/mol. The second-order valence-electron chi connectivity index (χ2n) is 2.65. The van der Waals surface area contributed by atoms with E-state index in [0.29, 0.717) is 18.4 Å². The Morgan fingerprint density at radius 1 is 1.67 bits per heavy atom. The first-order chi connectivity index (χ1) is 5.72. The average molecular weight is 171 g/mol. The highest BCUT2D eigenvalue weighted by molar-refractivity contribution is 5.19. The molecule has 1 aromatic heterocycles. The lowest BCUT2D eigenvalue weighted by Gasteiger charge is -2.08. The van der Waals surface area contributed by atoms with Gasteiger partial charge in [-0.15, -0.1) is 0 Å². The molecule has 0 radical (unpaired) electrons. The van der Waals surface area contributed by atoms with Gasteiger partial charge in [-0.25, -0.2) is 0 Å². The minimum absolute atomic E-state index is 0.176. The summed E-state index contributed by atoms with van der Waals surface area (Å²) in [5.41, 5.74) is 0. The maximum atomic E-state index is 4.93. The van der Waals surface area contributed by atoms with Crippen LogP contribution in [0, 0.1) is 6.92 Å². The number of nitrogens with one attached hydrogen (secondary N) is 1. The Morgan fingerprint density at radius 2 is 2.42 bits per heavy atom. The summed E-state index contributed by atoms with van der Waals surface area (Å²) in [7, 11) is 1.65. The predicted molar refractivity (Wildman–Crippen MR) is 44.0 cm³/mol. The molecule has 5 heteroatoms. The van der Waals surface area contributed by atoms with E-state index in [1.165, 1.54) is 0 Å². The molecule has 0 spiro atoms. The fourth-order valence-electron chi connectivity index (χ4n) is 0.858. The molecule has 0 aliphatic rings. The van der Waals surface area contributed by atoms with E-state index in [1.54, 1.807) is 14.0 Å². The summed E-state index contributed by atoms with van der Waals surface area (Å²) in [6, 6.07) is 0.617. The molecule has 1 atom stereocenters. The molecule has 0 amide bonds. The molecule has 68 valence electrons. The van der Waals surface area contributed by atoms with Gasteiger partial charge < -0.3 is 14.6 Å². The number of hydrogen-bond donors (Lipinski definition) is 1. The van der Waals surface area contributed by atoms with Gasteiger partial charge in [-0.1, -0.05) is 5.16 Å². The number of methoxy groups -OCH3 is 1. The summed E-state index contributed by atoms with van der Waals surface area (Å²) >= 11 is 0. The van der Waals surface area contributed by atoms with Gasteiger partial charge in [0.05, 0.1) is 12.6 Å². The van der Waals surface area contributed by atoms with Gasteiger partial charge in [0.25, 0.3) is 0 Å². The predicted octanol–water partition coefficient (Wildman–Crippen LogP) is 0.825. The Labute approximate surface area is 71.1 Å². The molecule has 12 heavy (non-hydrogen) atoms. The molecule has 0 aliphatic heterocycles. The molecule has 0 aromatic carbocycles. The molecule has 0 fully saturated rings. The average Bonchev–Trinajstić information content (AvgIpc) is 2.36. The third kappa shape index (κ3) is 2.50. The fourth-order valence-corrected chi connectivity index (χ4v) is 0.858. The molecule has 1 rings (SSSR count). The van der Waals surface area contributed by atoms with Gasteiger partial charge in [0.2, 0.25) is 0 Å². The van der Waals surface area contributed by atoms with Crippen molar-refractivity contribution >= 4 is 6.01 Å². The topological polar surface area (TPSA) is 60.2 Å². The first kappa shape index (κ1) is 8.99. The van der Waals surface area contributed by atoms with Crippen LogP contribution in [0.4, 0.5) is 6.01 Å². The molecule has 0 bridgehead atoms. The number of aromatic nitrogens is 2. The Hall–Kier alpha value is -1.10. The number of ether oxygens (including phenoxy) is 1. The third-order valence-corrected chi connectivity index (χ3v) is 1.31. The molecule has 1 N–H and O–H groups in total. The van der Waals surface area contributed by atoms with Crippen molar-refractivity contribution in [3.8, 4) is 0 Å². The van der Waals surface area contributed by atoms with Gasteiger partial charge in [0, 0.05) is 7.11 Å². The second-order valence-corrected chi connectivity index (χ2v) is 2.65. The number of hydrogen-bond acceptors (Lipinski definition) is 5. The van der Waals surface area contributed by atoms with Crippen LogP contribution in [0.1, 0.15) is 12.7 Å². The Bertz CT molecular complexity index is 236. The monoisotopic (exact) mass is 171 g/mol. The van der Waals surface area contributed by atoms with Gasteiger partial charge in [0.1, 0.15) is 0 Å². The van der Waals surface area contributed by atoms with Gasteiger partial charge in [-0.2, -0.15) is 4.98 Å². The smallest absolute Gasteiger partial charge is 0.321 e. The minimum atomic E-state index is 0.176. The van der Waals surface area contributed by atoms with E-state index in [-0.39, 0.29) is 6.04 Å². The molecule has 0 saturated carbocycles. The van der Waals surface area contributed by atoms with E-state index >= 15 is 0 Å². The zero-order valence-electron chi connectivity index (χ0n) is 7.50. The molecule has 1 unspecified atom stereocenters. The van der Waals surface area contributed by atoms with E-state index in [0.717, 1.165) is 0 Å². The standard InChI is InChI=1S/C7H13N3O2/c1-5(4-11-3)8-7-9-6(2)10-12-7/h5H,4H2,1-3H3,(H,8,9,10). The zero-order chi connectivity index (χ0) is 8.97. The highest BCUT2D eigenvalue weighted by Crippen LogP contribution is 2.03. The highest BCUT2D eigenvalue weighted by atomic mass is 16.5. The molecule has 1 aromatic rings. The SMILES string of the molecule is COCC(C)Nc1nc(C)no1. The highest BCUT2D eigenvalue weighted by Gasteiger charge is 2.05. The van der Waals surface area contributed by atoms with Crippen molar-refractivity contribution in [3.05, 3.63) is 5.82 Å². The van der Waals surface area contributed by atoms with Crippen molar-refractivity contribution in [3.63, 3.8) is 0 Å². The summed E-state index contributed by atoms with van der Waals surface area (Å²) in [6.07, 6.45) is 0. The van der Waals surface area contributed by atoms with E-state index in [1.807, 2.05) is 6.92 Å². The van der Waals surface area contributed by atoms with Crippen LogP contribution in [0.3, 0.4) is 0 Å². The Balaban J connectivity index is 2.41. The van der Waals surface area contributed by atoms with E-state index < -0.39 is 0 Å². The largest absolute Gasteiger partial charge is 0.383 e. The fraction of sp³-hybridized carbons (Fsp3) is 0.714. The van der Waals surface area contributed by atoms with Gasteiger partial charge in [0.15, 0.2) is 5.82 Å². The van der Waals surface area contributed by atoms with E-state index in [9.17, 15) is 0 Å². The lowest BCUT2D eigenvalue weighted by atomic mass is 10.4. The molecule has 5 nitrogen and oxygen atoms in total. The summed E-state index contributed by atoms with van der Waals surface area (Å²) in [5.74, 6) is 0.627. The van der Waals surface area contributed by atoms with Crippen molar-refractivity contribution in [2.45, 2.75) is 19.9 Å². The maximum Gasteiger partial charge on any atom is 0.321 e. The van der Waals surface area contributed by atoms with E-state index in [4.69, 9.17) is 9.26 Å². The van der Waals surface area contributed by atoms with Crippen LogP contribution in [0.5, 0.6) is 0 Å².